The zero-order valence-corrected chi connectivity index (χ0v) is 14.2. The summed E-state index contributed by atoms with van der Waals surface area (Å²) in [6.07, 6.45) is 9.37. The van der Waals surface area contributed by atoms with E-state index < -0.39 is 0 Å². The molecule has 1 saturated heterocycles. The monoisotopic (exact) mass is 352 g/mol. The summed E-state index contributed by atoms with van der Waals surface area (Å²) in [5.74, 6) is 2.75. The Morgan fingerprint density at radius 3 is 2.86 bits per heavy atom. The number of piperidine rings is 1. The van der Waals surface area contributed by atoms with Gasteiger partial charge in [0.15, 0.2) is 0 Å². The van der Waals surface area contributed by atoms with Gasteiger partial charge in [-0.25, -0.2) is 4.68 Å². The third-order valence-electron chi connectivity index (χ3n) is 5.54. The molecule has 116 valence electrons. The average Bonchev–Trinajstić information content (AvgIpc) is 2.85. The SMILES string of the molecule is Brc1c(CC2CCCCC2)nn2c1NCC1CNCCC12. The minimum Gasteiger partial charge on any atom is -0.369 e. The first kappa shape index (κ1) is 14.1. The molecule has 2 aliphatic heterocycles. The standard InChI is InChI=1S/C16H25BrN4/c17-15-13(8-11-4-2-1-3-5-11)20-21-14-6-7-18-9-12(14)10-19-16(15)21/h11-12,14,18-19H,1-10H2. The lowest BCUT2D eigenvalue weighted by Crippen LogP contribution is -2.44. The Bertz CT molecular complexity index is 507. The molecule has 21 heavy (non-hydrogen) atoms. The summed E-state index contributed by atoms with van der Waals surface area (Å²) in [5, 5.41) is 12.1. The van der Waals surface area contributed by atoms with Gasteiger partial charge in [0.25, 0.3) is 0 Å². The number of aromatic nitrogens is 2. The van der Waals surface area contributed by atoms with E-state index in [2.05, 4.69) is 31.2 Å². The Kier molecular flexibility index (Phi) is 3.96. The van der Waals surface area contributed by atoms with Gasteiger partial charge in [0.2, 0.25) is 0 Å². The van der Waals surface area contributed by atoms with Crippen LogP contribution in [0.3, 0.4) is 0 Å². The number of anilines is 1. The minimum atomic E-state index is 0.582. The van der Waals surface area contributed by atoms with Crippen LogP contribution in [0.25, 0.3) is 0 Å². The van der Waals surface area contributed by atoms with Gasteiger partial charge in [-0.2, -0.15) is 5.10 Å². The molecule has 2 fully saturated rings. The van der Waals surface area contributed by atoms with Crippen molar-refractivity contribution in [3.63, 3.8) is 0 Å². The molecule has 2 atom stereocenters. The van der Waals surface area contributed by atoms with Crippen LogP contribution in [0.1, 0.15) is 50.3 Å². The fourth-order valence-corrected chi connectivity index (χ4v) is 4.89. The highest BCUT2D eigenvalue weighted by Crippen LogP contribution is 2.39. The highest BCUT2D eigenvalue weighted by molar-refractivity contribution is 9.10. The molecular formula is C16H25BrN4. The number of rotatable bonds is 2. The lowest BCUT2D eigenvalue weighted by molar-refractivity contribution is 0.236. The first-order chi connectivity index (χ1) is 10.3. The Hall–Kier alpha value is -0.550. The van der Waals surface area contributed by atoms with Gasteiger partial charge in [-0.15, -0.1) is 0 Å². The largest absolute Gasteiger partial charge is 0.369 e. The number of hydrogen-bond donors (Lipinski definition) is 2. The van der Waals surface area contributed by atoms with E-state index in [0.29, 0.717) is 12.0 Å². The van der Waals surface area contributed by atoms with Crippen molar-refractivity contribution in [1.82, 2.24) is 15.1 Å². The van der Waals surface area contributed by atoms with E-state index >= 15 is 0 Å². The van der Waals surface area contributed by atoms with Crippen LogP contribution in [-0.2, 0) is 6.42 Å². The molecule has 0 radical (unpaired) electrons. The van der Waals surface area contributed by atoms with Gasteiger partial charge < -0.3 is 10.6 Å². The zero-order chi connectivity index (χ0) is 14.2. The first-order valence-corrected chi connectivity index (χ1v) is 9.33. The predicted octanol–water partition coefficient (Wildman–Crippen LogP) is 3.34. The van der Waals surface area contributed by atoms with Crippen LogP contribution < -0.4 is 10.6 Å². The molecular weight excluding hydrogens is 328 g/mol. The molecule has 1 saturated carbocycles. The van der Waals surface area contributed by atoms with Gasteiger partial charge in [-0.05, 0) is 41.2 Å². The van der Waals surface area contributed by atoms with Crippen LogP contribution in [0, 0.1) is 11.8 Å². The molecule has 0 spiro atoms. The maximum Gasteiger partial charge on any atom is 0.139 e. The van der Waals surface area contributed by atoms with Gasteiger partial charge in [0.1, 0.15) is 5.82 Å². The molecule has 0 aromatic carbocycles. The summed E-state index contributed by atoms with van der Waals surface area (Å²) >= 11 is 3.82. The van der Waals surface area contributed by atoms with Crippen LogP contribution in [0.5, 0.6) is 0 Å². The number of nitrogens with zero attached hydrogens (tertiary/aromatic N) is 2. The van der Waals surface area contributed by atoms with Gasteiger partial charge in [0, 0.05) is 19.0 Å². The zero-order valence-electron chi connectivity index (χ0n) is 12.6. The number of hydrogen-bond acceptors (Lipinski definition) is 3. The topological polar surface area (TPSA) is 41.9 Å². The van der Waals surface area contributed by atoms with Crippen LogP contribution >= 0.6 is 15.9 Å². The second kappa shape index (κ2) is 5.92. The number of fused-ring (bicyclic) bond motifs is 3. The van der Waals surface area contributed by atoms with Crippen molar-refractivity contribution in [1.29, 1.82) is 0 Å². The number of nitrogens with one attached hydrogen (secondary N) is 2. The highest BCUT2D eigenvalue weighted by atomic mass is 79.9. The Balaban J connectivity index is 1.57. The summed E-state index contributed by atoms with van der Waals surface area (Å²) in [6, 6.07) is 0.582. The normalized spacial score (nSPS) is 29.6. The van der Waals surface area contributed by atoms with Crippen LogP contribution in [0.15, 0.2) is 4.47 Å². The van der Waals surface area contributed by atoms with Crippen LogP contribution in [-0.4, -0.2) is 29.4 Å². The molecule has 3 heterocycles. The molecule has 1 aromatic heterocycles. The fourth-order valence-electron chi connectivity index (χ4n) is 4.32. The maximum absolute atomic E-state index is 5.01. The molecule has 2 unspecified atom stereocenters. The highest BCUT2D eigenvalue weighted by Gasteiger charge is 2.34. The van der Waals surface area contributed by atoms with Crippen LogP contribution in [0.2, 0.25) is 0 Å². The smallest absolute Gasteiger partial charge is 0.139 e. The first-order valence-electron chi connectivity index (χ1n) is 8.54. The van der Waals surface area contributed by atoms with E-state index in [1.807, 2.05) is 0 Å². The Labute approximate surface area is 135 Å². The van der Waals surface area contributed by atoms with Crippen molar-refractivity contribution in [2.75, 3.05) is 25.0 Å². The molecule has 1 aliphatic carbocycles. The van der Waals surface area contributed by atoms with Crippen molar-refractivity contribution in [3.05, 3.63) is 10.2 Å². The average molecular weight is 353 g/mol. The maximum atomic E-state index is 5.01. The Morgan fingerprint density at radius 2 is 2.00 bits per heavy atom. The molecule has 5 heteroatoms. The summed E-state index contributed by atoms with van der Waals surface area (Å²) < 4.78 is 3.52. The third-order valence-corrected chi connectivity index (χ3v) is 6.37. The number of halogens is 1. The molecule has 0 bridgehead atoms. The molecule has 0 amide bonds. The molecule has 3 aliphatic rings. The van der Waals surface area contributed by atoms with Crippen molar-refractivity contribution in [2.24, 2.45) is 11.8 Å². The van der Waals surface area contributed by atoms with E-state index in [1.165, 1.54) is 54.5 Å². The second-order valence-corrected chi connectivity index (χ2v) is 7.76. The van der Waals surface area contributed by atoms with Gasteiger partial charge in [0.05, 0.1) is 16.2 Å². The summed E-state index contributed by atoms with van der Waals surface area (Å²) in [6.45, 7) is 3.31. The molecule has 2 N–H and O–H groups in total. The molecule has 4 nitrogen and oxygen atoms in total. The van der Waals surface area contributed by atoms with E-state index in [4.69, 9.17) is 5.10 Å². The van der Waals surface area contributed by atoms with E-state index in [-0.39, 0.29) is 0 Å². The summed E-state index contributed by atoms with van der Waals surface area (Å²) in [5.41, 5.74) is 1.28. The van der Waals surface area contributed by atoms with E-state index in [1.54, 1.807) is 0 Å². The van der Waals surface area contributed by atoms with Gasteiger partial charge >= 0.3 is 0 Å². The second-order valence-electron chi connectivity index (χ2n) is 6.96. The fraction of sp³-hybridized carbons (Fsp3) is 0.812. The van der Waals surface area contributed by atoms with Crippen molar-refractivity contribution < 1.29 is 0 Å². The van der Waals surface area contributed by atoms with Crippen molar-refractivity contribution in [3.8, 4) is 0 Å². The van der Waals surface area contributed by atoms with E-state index in [0.717, 1.165) is 32.0 Å². The minimum absolute atomic E-state index is 0.582. The lowest BCUT2D eigenvalue weighted by Gasteiger charge is -2.37. The van der Waals surface area contributed by atoms with Crippen molar-refractivity contribution >= 4 is 21.7 Å². The quantitative estimate of drug-likeness (QED) is 0.857. The molecule has 4 rings (SSSR count). The lowest BCUT2D eigenvalue weighted by atomic mass is 9.86. The predicted molar refractivity (Wildman–Crippen MR) is 88.7 cm³/mol. The van der Waals surface area contributed by atoms with Crippen molar-refractivity contribution in [2.45, 2.75) is 51.0 Å². The third kappa shape index (κ3) is 2.63. The Morgan fingerprint density at radius 1 is 1.14 bits per heavy atom. The van der Waals surface area contributed by atoms with Gasteiger partial charge in [-0.3, -0.25) is 0 Å². The molecule has 1 aromatic rings. The summed E-state index contributed by atoms with van der Waals surface area (Å²) in [7, 11) is 0. The van der Waals surface area contributed by atoms with E-state index in [9.17, 15) is 0 Å². The van der Waals surface area contributed by atoms with Crippen LogP contribution in [0.4, 0.5) is 5.82 Å². The van der Waals surface area contributed by atoms with Gasteiger partial charge in [-0.1, -0.05) is 32.1 Å². The summed E-state index contributed by atoms with van der Waals surface area (Å²) in [4.78, 5) is 0.